The van der Waals surface area contributed by atoms with Crippen molar-refractivity contribution < 1.29 is 32.6 Å². The molecule has 0 aliphatic rings. The van der Waals surface area contributed by atoms with Crippen molar-refractivity contribution in [2.45, 2.75) is 32.2 Å². The normalized spacial score (nSPS) is 12.3. The second-order valence-corrected chi connectivity index (χ2v) is 5.99. The molecule has 2 rings (SSSR count). The van der Waals surface area contributed by atoms with Gasteiger partial charge in [0, 0.05) is 5.56 Å². The number of halogens is 3. The average molecular weight is 381 g/mol. The zero-order chi connectivity index (χ0) is 20.0. The number of nitrogens with one attached hydrogen (secondary N) is 1. The highest BCUT2D eigenvalue weighted by atomic mass is 19.4. The first-order valence-electron chi connectivity index (χ1n) is 8.03. The van der Waals surface area contributed by atoms with Gasteiger partial charge in [-0.2, -0.15) is 13.2 Å². The molecule has 144 valence electrons. The highest BCUT2D eigenvalue weighted by molar-refractivity contribution is 5.96. The maximum Gasteiger partial charge on any atom is 0.391 e. The Morgan fingerprint density at radius 2 is 1.85 bits per heavy atom. The summed E-state index contributed by atoms with van der Waals surface area (Å²) in [6.45, 7) is 2.19. The van der Waals surface area contributed by atoms with E-state index in [0.717, 1.165) is 11.1 Å². The van der Waals surface area contributed by atoms with Gasteiger partial charge >= 0.3 is 12.1 Å². The van der Waals surface area contributed by atoms with E-state index in [1.807, 2.05) is 36.5 Å². The van der Waals surface area contributed by atoms with Gasteiger partial charge in [-0.25, -0.2) is 4.79 Å². The summed E-state index contributed by atoms with van der Waals surface area (Å²) in [4.78, 5) is 23.1. The van der Waals surface area contributed by atoms with Crippen LogP contribution in [0.25, 0.3) is 0 Å². The minimum Gasteiger partial charge on any atom is -0.489 e. The highest BCUT2D eigenvalue weighted by Gasteiger charge is 2.36. The number of carboxylic acid groups (broad SMARTS) is 1. The summed E-state index contributed by atoms with van der Waals surface area (Å²) in [7, 11) is 0. The molecule has 27 heavy (non-hydrogen) atoms. The predicted octanol–water partition coefficient (Wildman–Crippen LogP) is 3.71. The van der Waals surface area contributed by atoms with E-state index in [9.17, 15) is 22.8 Å². The molecule has 1 unspecified atom stereocenters. The Bertz CT molecular complexity index is 821. The van der Waals surface area contributed by atoms with Gasteiger partial charge in [0.1, 0.15) is 18.4 Å². The summed E-state index contributed by atoms with van der Waals surface area (Å²) in [6.07, 6.45) is -6.37. The lowest BCUT2D eigenvalue weighted by atomic mass is 10.1. The Labute approximate surface area is 153 Å². The highest BCUT2D eigenvalue weighted by Crippen LogP contribution is 2.22. The Morgan fingerprint density at radius 1 is 1.15 bits per heavy atom. The number of benzene rings is 2. The zero-order valence-corrected chi connectivity index (χ0v) is 14.4. The van der Waals surface area contributed by atoms with Crippen molar-refractivity contribution in [3.63, 3.8) is 0 Å². The van der Waals surface area contributed by atoms with Crippen molar-refractivity contribution in [3.8, 4) is 5.75 Å². The standard InChI is InChI=1S/C19H18F3NO4/c1-12-4-2-5-13(8-12)11-27-15-7-3-6-14(9-15)17(24)23-16(18(25)26)10-19(20,21)22/h2-9,16H,10-11H2,1H3,(H,23,24)(H,25,26). The van der Waals surface area contributed by atoms with Crippen LogP contribution in [0.3, 0.4) is 0 Å². The van der Waals surface area contributed by atoms with Crippen LogP contribution in [0.4, 0.5) is 13.2 Å². The maximum absolute atomic E-state index is 12.4. The third-order valence-electron chi connectivity index (χ3n) is 3.62. The van der Waals surface area contributed by atoms with E-state index < -0.39 is 30.5 Å². The molecular formula is C19H18F3NO4. The molecule has 1 amide bonds. The predicted molar refractivity (Wildman–Crippen MR) is 91.5 cm³/mol. The van der Waals surface area contributed by atoms with Crippen molar-refractivity contribution in [1.82, 2.24) is 5.32 Å². The second kappa shape index (κ2) is 8.57. The summed E-state index contributed by atoms with van der Waals surface area (Å²) in [5.41, 5.74) is 1.99. The van der Waals surface area contributed by atoms with Crippen LogP contribution in [0.1, 0.15) is 27.9 Å². The second-order valence-electron chi connectivity index (χ2n) is 5.99. The van der Waals surface area contributed by atoms with Gasteiger partial charge in [0.15, 0.2) is 0 Å². The Balaban J connectivity index is 2.04. The topological polar surface area (TPSA) is 75.6 Å². The third kappa shape index (κ3) is 6.65. The van der Waals surface area contributed by atoms with Crippen molar-refractivity contribution >= 4 is 11.9 Å². The summed E-state index contributed by atoms with van der Waals surface area (Å²) >= 11 is 0. The lowest BCUT2D eigenvalue weighted by molar-refractivity contribution is -0.157. The van der Waals surface area contributed by atoms with E-state index in [0.29, 0.717) is 5.75 Å². The Hall–Kier alpha value is -3.03. The van der Waals surface area contributed by atoms with Gasteiger partial charge in [0.25, 0.3) is 5.91 Å². The molecule has 0 heterocycles. The van der Waals surface area contributed by atoms with E-state index in [2.05, 4.69) is 0 Å². The molecule has 0 fully saturated rings. The van der Waals surface area contributed by atoms with Crippen LogP contribution < -0.4 is 10.1 Å². The van der Waals surface area contributed by atoms with Gasteiger partial charge in [-0.1, -0.05) is 35.9 Å². The molecule has 2 N–H and O–H groups in total. The van der Waals surface area contributed by atoms with E-state index in [1.54, 1.807) is 6.07 Å². The molecule has 0 aliphatic carbocycles. The van der Waals surface area contributed by atoms with Crippen LogP contribution in [-0.4, -0.2) is 29.2 Å². The van der Waals surface area contributed by atoms with Gasteiger partial charge in [-0.15, -0.1) is 0 Å². The quantitative estimate of drug-likeness (QED) is 0.767. The zero-order valence-electron chi connectivity index (χ0n) is 14.4. The van der Waals surface area contributed by atoms with E-state index in [-0.39, 0.29) is 12.2 Å². The smallest absolute Gasteiger partial charge is 0.391 e. The molecule has 2 aromatic carbocycles. The van der Waals surface area contributed by atoms with Gasteiger partial charge in [-0.3, -0.25) is 4.79 Å². The first-order valence-corrected chi connectivity index (χ1v) is 8.03. The van der Waals surface area contributed by atoms with Crippen molar-refractivity contribution in [1.29, 1.82) is 0 Å². The van der Waals surface area contributed by atoms with Crippen molar-refractivity contribution in [2.24, 2.45) is 0 Å². The van der Waals surface area contributed by atoms with E-state index >= 15 is 0 Å². The molecule has 0 saturated carbocycles. The molecule has 8 heteroatoms. The van der Waals surface area contributed by atoms with Crippen LogP contribution in [0.5, 0.6) is 5.75 Å². The number of ether oxygens (including phenoxy) is 1. The number of carbonyl (C=O) groups excluding carboxylic acids is 1. The fraction of sp³-hybridized carbons (Fsp3) is 0.263. The van der Waals surface area contributed by atoms with Gasteiger partial charge in [0.05, 0.1) is 6.42 Å². The minimum atomic E-state index is -4.71. The lowest BCUT2D eigenvalue weighted by Crippen LogP contribution is -2.43. The fourth-order valence-corrected chi connectivity index (χ4v) is 2.37. The van der Waals surface area contributed by atoms with Crippen LogP contribution in [0.2, 0.25) is 0 Å². The number of hydrogen-bond donors (Lipinski definition) is 2. The lowest BCUT2D eigenvalue weighted by Gasteiger charge is -2.16. The van der Waals surface area contributed by atoms with Crippen molar-refractivity contribution in [3.05, 3.63) is 65.2 Å². The number of carbonyl (C=O) groups is 2. The number of hydrogen-bond acceptors (Lipinski definition) is 3. The molecule has 1 atom stereocenters. The van der Waals surface area contributed by atoms with Gasteiger partial charge < -0.3 is 15.2 Å². The fourth-order valence-electron chi connectivity index (χ4n) is 2.37. The molecule has 0 aliphatic heterocycles. The molecule has 0 bridgehead atoms. The van der Waals surface area contributed by atoms with Crippen LogP contribution in [0, 0.1) is 6.92 Å². The van der Waals surface area contributed by atoms with Gasteiger partial charge in [-0.05, 0) is 30.7 Å². The number of carboxylic acids is 1. The number of alkyl halides is 3. The van der Waals surface area contributed by atoms with Crippen LogP contribution >= 0.6 is 0 Å². The monoisotopic (exact) mass is 381 g/mol. The van der Waals surface area contributed by atoms with Crippen LogP contribution in [-0.2, 0) is 11.4 Å². The van der Waals surface area contributed by atoms with E-state index in [4.69, 9.17) is 9.84 Å². The first-order chi connectivity index (χ1) is 12.6. The SMILES string of the molecule is Cc1cccc(COc2cccc(C(=O)NC(CC(F)(F)F)C(=O)O)c2)c1. The Morgan fingerprint density at radius 3 is 2.48 bits per heavy atom. The third-order valence-corrected chi connectivity index (χ3v) is 3.62. The maximum atomic E-state index is 12.4. The molecular weight excluding hydrogens is 363 g/mol. The molecule has 5 nitrogen and oxygen atoms in total. The number of amides is 1. The first kappa shape index (κ1) is 20.3. The van der Waals surface area contributed by atoms with Gasteiger partial charge in [0.2, 0.25) is 0 Å². The summed E-state index contributed by atoms with van der Waals surface area (Å²) in [6, 6.07) is 11.4. The molecule has 0 saturated heterocycles. The summed E-state index contributed by atoms with van der Waals surface area (Å²) in [5, 5.41) is 10.8. The summed E-state index contributed by atoms with van der Waals surface area (Å²) in [5.74, 6) is -2.34. The molecule has 0 spiro atoms. The number of aryl methyl sites for hydroxylation is 1. The van der Waals surface area contributed by atoms with E-state index in [1.165, 1.54) is 18.2 Å². The average Bonchev–Trinajstić information content (AvgIpc) is 2.58. The number of rotatable bonds is 7. The van der Waals surface area contributed by atoms with Crippen molar-refractivity contribution in [2.75, 3.05) is 0 Å². The minimum absolute atomic E-state index is 0.00478. The molecule has 0 radical (unpaired) electrons. The number of aliphatic carboxylic acids is 1. The largest absolute Gasteiger partial charge is 0.489 e. The molecule has 2 aromatic rings. The van der Waals surface area contributed by atoms with Crippen LogP contribution in [0.15, 0.2) is 48.5 Å². The molecule has 0 aromatic heterocycles. The Kier molecular flexibility index (Phi) is 6.44. The summed E-state index contributed by atoms with van der Waals surface area (Å²) < 4.78 is 42.9.